The van der Waals surface area contributed by atoms with Gasteiger partial charge in [-0.1, -0.05) is 19.1 Å². The highest BCUT2D eigenvalue weighted by molar-refractivity contribution is 4.88. The van der Waals surface area contributed by atoms with E-state index in [2.05, 4.69) is 31.3 Å². The first-order valence-electron chi connectivity index (χ1n) is 3.15. The van der Waals surface area contributed by atoms with Gasteiger partial charge in [0.15, 0.2) is 0 Å². The van der Waals surface area contributed by atoms with Gasteiger partial charge in [-0.3, -0.25) is 0 Å². The first kappa shape index (κ1) is 7.70. The highest BCUT2D eigenvalue weighted by Gasteiger charge is 1.84. The van der Waals surface area contributed by atoms with Crippen molar-refractivity contribution in [2.75, 3.05) is 7.05 Å². The van der Waals surface area contributed by atoms with E-state index >= 15 is 0 Å². The quantitative estimate of drug-likeness (QED) is 0.548. The second kappa shape index (κ2) is 4.85. The van der Waals surface area contributed by atoms with Crippen molar-refractivity contribution < 1.29 is 0 Å². The van der Waals surface area contributed by atoms with Gasteiger partial charge in [0, 0.05) is 6.04 Å². The van der Waals surface area contributed by atoms with Crippen LogP contribution in [0.1, 0.15) is 20.3 Å². The Morgan fingerprint density at radius 3 is 2.62 bits per heavy atom. The van der Waals surface area contributed by atoms with Gasteiger partial charge in [0.05, 0.1) is 0 Å². The molecule has 1 heteroatoms. The number of allylic oxidation sites excluding steroid dienone is 1. The third-order valence-electron chi connectivity index (χ3n) is 1.12. The first-order valence-corrected chi connectivity index (χ1v) is 3.15. The van der Waals surface area contributed by atoms with Crippen LogP contribution in [0.2, 0.25) is 0 Å². The van der Waals surface area contributed by atoms with Gasteiger partial charge in [0.25, 0.3) is 0 Å². The van der Waals surface area contributed by atoms with E-state index in [1.165, 1.54) is 0 Å². The van der Waals surface area contributed by atoms with Crippen molar-refractivity contribution in [1.82, 2.24) is 5.32 Å². The molecule has 0 aromatic heterocycles. The van der Waals surface area contributed by atoms with Crippen LogP contribution in [0.3, 0.4) is 0 Å². The molecule has 0 unspecified atom stereocenters. The van der Waals surface area contributed by atoms with E-state index in [0.29, 0.717) is 6.04 Å². The second-order valence-corrected chi connectivity index (χ2v) is 1.91. The monoisotopic (exact) mass is 113 g/mol. The van der Waals surface area contributed by atoms with Gasteiger partial charge in [0.2, 0.25) is 0 Å². The van der Waals surface area contributed by atoms with Crippen LogP contribution in [0.4, 0.5) is 0 Å². The Morgan fingerprint density at radius 2 is 2.25 bits per heavy atom. The van der Waals surface area contributed by atoms with Gasteiger partial charge < -0.3 is 5.32 Å². The van der Waals surface area contributed by atoms with Crippen LogP contribution in [-0.4, -0.2) is 13.1 Å². The van der Waals surface area contributed by atoms with E-state index in [1.54, 1.807) is 0 Å². The summed E-state index contributed by atoms with van der Waals surface area (Å²) in [5.41, 5.74) is 0. The molecule has 0 aromatic rings. The molecule has 0 saturated carbocycles. The van der Waals surface area contributed by atoms with Crippen molar-refractivity contribution in [3.63, 3.8) is 0 Å². The average molecular weight is 113 g/mol. The maximum atomic E-state index is 3.11. The Balaban J connectivity index is 3.21. The zero-order chi connectivity index (χ0) is 6.41. The SMILES string of the molecule is CC/C=C/[C@H](C)NC. The van der Waals surface area contributed by atoms with E-state index in [0.717, 1.165) is 6.42 Å². The number of hydrogen-bond acceptors (Lipinski definition) is 1. The summed E-state index contributed by atoms with van der Waals surface area (Å²) in [6.45, 7) is 4.27. The molecule has 0 spiro atoms. The topological polar surface area (TPSA) is 12.0 Å². The predicted octanol–water partition coefficient (Wildman–Crippen LogP) is 1.56. The second-order valence-electron chi connectivity index (χ2n) is 1.91. The maximum absolute atomic E-state index is 3.11. The zero-order valence-electron chi connectivity index (χ0n) is 5.94. The van der Waals surface area contributed by atoms with E-state index in [9.17, 15) is 0 Å². The largest absolute Gasteiger partial charge is 0.314 e. The van der Waals surface area contributed by atoms with Crippen molar-refractivity contribution >= 4 is 0 Å². The van der Waals surface area contributed by atoms with Crippen molar-refractivity contribution in [1.29, 1.82) is 0 Å². The minimum absolute atomic E-state index is 0.523. The fourth-order valence-electron chi connectivity index (χ4n) is 0.436. The van der Waals surface area contributed by atoms with Crippen molar-refractivity contribution in [3.05, 3.63) is 12.2 Å². The van der Waals surface area contributed by atoms with E-state index in [4.69, 9.17) is 0 Å². The van der Waals surface area contributed by atoms with E-state index in [1.807, 2.05) is 7.05 Å². The summed E-state index contributed by atoms with van der Waals surface area (Å²) in [5, 5.41) is 3.11. The fourth-order valence-corrected chi connectivity index (χ4v) is 0.436. The van der Waals surface area contributed by atoms with Gasteiger partial charge in [-0.25, -0.2) is 0 Å². The third kappa shape index (κ3) is 3.88. The smallest absolute Gasteiger partial charge is 0.0218 e. The zero-order valence-corrected chi connectivity index (χ0v) is 5.94. The van der Waals surface area contributed by atoms with Crippen LogP contribution in [-0.2, 0) is 0 Å². The van der Waals surface area contributed by atoms with Crippen LogP contribution in [0.5, 0.6) is 0 Å². The summed E-state index contributed by atoms with van der Waals surface area (Å²) < 4.78 is 0. The molecule has 1 atom stereocenters. The summed E-state index contributed by atoms with van der Waals surface area (Å²) >= 11 is 0. The molecule has 0 rings (SSSR count). The summed E-state index contributed by atoms with van der Waals surface area (Å²) in [6.07, 6.45) is 5.47. The number of hydrogen-bond donors (Lipinski definition) is 1. The lowest BCUT2D eigenvalue weighted by Crippen LogP contribution is -2.17. The molecule has 0 aliphatic heterocycles. The molecule has 0 bridgehead atoms. The lowest BCUT2D eigenvalue weighted by atomic mass is 10.3. The minimum Gasteiger partial charge on any atom is -0.314 e. The molecule has 0 amide bonds. The normalized spacial score (nSPS) is 14.9. The van der Waals surface area contributed by atoms with Crippen molar-refractivity contribution in [2.45, 2.75) is 26.3 Å². The predicted molar refractivity (Wildman–Crippen MR) is 38.0 cm³/mol. The fraction of sp³-hybridized carbons (Fsp3) is 0.714. The Bertz CT molecular complexity index is 66.8. The van der Waals surface area contributed by atoms with Gasteiger partial charge in [-0.15, -0.1) is 0 Å². The molecule has 0 radical (unpaired) electrons. The van der Waals surface area contributed by atoms with Crippen LogP contribution >= 0.6 is 0 Å². The minimum atomic E-state index is 0.523. The molecular weight excluding hydrogens is 98.1 g/mol. The molecule has 8 heavy (non-hydrogen) atoms. The van der Waals surface area contributed by atoms with Crippen molar-refractivity contribution in [2.24, 2.45) is 0 Å². The molecule has 0 heterocycles. The summed E-state index contributed by atoms with van der Waals surface area (Å²) in [7, 11) is 1.96. The van der Waals surface area contributed by atoms with Crippen molar-refractivity contribution in [3.8, 4) is 0 Å². The molecule has 0 fully saturated rings. The maximum Gasteiger partial charge on any atom is 0.0218 e. The molecule has 0 saturated heterocycles. The molecule has 0 aliphatic rings. The van der Waals surface area contributed by atoms with Crippen LogP contribution < -0.4 is 5.32 Å². The van der Waals surface area contributed by atoms with E-state index in [-0.39, 0.29) is 0 Å². The van der Waals surface area contributed by atoms with Crippen LogP contribution in [0, 0.1) is 0 Å². The Morgan fingerprint density at radius 1 is 1.62 bits per heavy atom. The molecule has 1 N–H and O–H groups in total. The highest BCUT2D eigenvalue weighted by atomic mass is 14.8. The van der Waals surface area contributed by atoms with Crippen LogP contribution in [0.25, 0.3) is 0 Å². The number of likely N-dealkylation sites (N-methyl/N-ethyl adjacent to an activating group) is 1. The van der Waals surface area contributed by atoms with Gasteiger partial charge in [0.1, 0.15) is 0 Å². The standard InChI is InChI=1S/C7H15N/c1-4-5-6-7(2)8-3/h5-8H,4H2,1-3H3/b6-5+/t7-/m0/s1. The summed E-state index contributed by atoms with van der Waals surface area (Å²) in [4.78, 5) is 0. The Hall–Kier alpha value is -0.300. The average Bonchev–Trinajstić information content (AvgIpc) is 1.83. The summed E-state index contributed by atoms with van der Waals surface area (Å²) in [5.74, 6) is 0. The van der Waals surface area contributed by atoms with Gasteiger partial charge in [-0.2, -0.15) is 0 Å². The van der Waals surface area contributed by atoms with Gasteiger partial charge in [-0.05, 0) is 20.4 Å². The Labute approximate surface area is 51.8 Å². The van der Waals surface area contributed by atoms with Gasteiger partial charge >= 0.3 is 0 Å². The highest BCUT2D eigenvalue weighted by Crippen LogP contribution is 1.84. The number of rotatable bonds is 3. The lowest BCUT2D eigenvalue weighted by molar-refractivity contribution is 0.726. The summed E-state index contributed by atoms with van der Waals surface area (Å²) in [6, 6.07) is 0.523. The number of nitrogens with one attached hydrogen (secondary N) is 1. The molecule has 48 valence electrons. The van der Waals surface area contributed by atoms with E-state index < -0.39 is 0 Å². The molecule has 0 aliphatic carbocycles. The molecular formula is C7H15N. The lowest BCUT2D eigenvalue weighted by Gasteiger charge is -2.00. The third-order valence-corrected chi connectivity index (χ3v) is 1.12. The molecule has 1 nitrogen and oxygen atoms in total. The van der Waals surface area contributed by atoms with Crippen LogP contribution in [0.15, 0.2) is 12.2 Å². The first-order chi connectivity index (χ1) is 3.81. The Kier molecular flexibility index (Phi) is 4.67. The molecule has 0 aromatic carbocycles.